The highest BCUT2D eigenvalue weighted by Gasteiger charge is 2.26. The van der Waals surface area contributed by atoms with Gasteiger partial charge in [0.05, 0.1) is 11.6 Å². The van der Waals surface area contributed by atoms with Crippen molar-refractivity contribution in [3.05, 3.63) is 64.5 Å². The van der Waals surface area contributed by atoms with Crippen molar-refractivity contribution < 1.29 is 9.50 Å². The summed E-state index contributed by atoms with van der Waals surface area (Å²) in [7, 11) is 0. The van der Waals surface area contributed by atoms with Crippen LogP contribution in [0.5, 0.6) is 5.75 Å². The summed E-state index contributed by atoms with van der Waals surface area (Å²) in [5, 5.41) is 20.3. The number of benzene rings is 2. The van der Waals surface area contributed by atoms with E-state index in [0.717, 1.165) is 16.7 Å². The summed E-state index contributed by atoms with van der Waals surface area (Å²) in [5.41, 5.74) is 2.89. The lowest BCUT2D eigenvalue weighted by Gasteiger charge is -2.28. The van der Waals surface area contributed by atoms with Crippen LogP contribution in [0.25, 0.3) is 11.6 Å². The molecule has 0 aliphatic heterocycles. The van der Waals surface area contributed by atoms with Crippen molar-refractivity contribution in [1.82, 2.24) is 0 Å². The zero-order chi connectivity index (χ0) is 19.7. The minimum absolute atomic E-state index is 0.250. The van der Waals surface area contributed by atoms with E-state index in [9.17, 15) is 14.8 Å². The summed E-state index contributed by atoms with van der Waals surface area (Å²) in [4.78, 5) is 0. The van der Waals surface area contributed by atoms with E-state index in [0.29, 0.717) is 16.9 Å². The fourth-order valence-electron chi connectivity index (χ4n) is 2.89. The molecule has 0 atom stereocenters. The first-order chi connectivity index (χ1) is 11.9. The Kier molecular flexibility index (Phi) is 5.28. The van der Waals surface area contributed by atoms with Gasteiger partial charge in [-0.2, -0.15) is 5.26 Å². The smallest absolute Gasteiger partial charge is 0.123 e. The number of nitriles is 1. The van der Waals surface area contributed by atoms with Crippen LogP contribution in [0.3, 0.4) is 0 Å². The van der Waals surface area contributed by atoms with Crippen molar-refractivity contribution in [1.29, 1.82) is 5.26 Å². The standard InChI is InChI=1S/C23H26FNO/c1-22(2,3)19-11-15(12-20(21(19)26)23(4,5)6)10-17(14-25)16-8-7-9-18(24)13-16/h7-13,26H,1-6H3/b17-10-. The van der Waals surface area contributed by atoms with Gasteiger partial charge in [-0.3, -0.25) is 0 Å². The van der Waals surface area contributed by atoms with Crippen LogP contribution < -0.4 is 0 Å². The summed E-state index contributed by atoms with van der Waals surface area (Å²) in [6.07, 6.45) is 1.75. The average molecular weight is 351 g/mol. The maximum Gasteiger partial charge on any atom is 0.123 e. The number of aromatic hydroxyl groups is 1. The Morgan fingerprint density at radius 2 is 1.54 bits per heavy atom. The van der Waals surface area contributed by atoms with Crippen molar-refractivity contribution in [3.63, 3.8) is 0 Å². The van der Waals surface area contributed by atoms with Crippen molar-refractivity contribution in [2.45, 2.75) is 52.4 Å². The topological polar surface area (TPSA) is 44.0 Å². The minimum atomic E-state index is -0.375. The highest BCUT2D eigenvalue weighted by atomic mass is 19.1. The Balaban J connectivity index is 2.71. The molecule has 0 aliphatic rings. The summed E-state index contributed by atoms with van der Waals surface area (Å²) in [6.45, 7) is 12.2. The van der Waals surface area contributed by atoms with E-state index in [2.05, 4.69) is 6.07 Å². The third-order valence-corrected chi connectivity index (χ3v) is 4.32. The van der Waals surface area contributed by atoms with Gasteiger partial charge in [-0.15, -0.1) is 0 Å². The van der Waals surface area contributed by atoms with Crippen LogP contribution in [-0.4, -0.2) is 5.11 Å². The van der Waals surface area contributed by atoms with Gasteiger partial charge in [-0.1, -0.05) is 53.7 Å². The molecule has 26 heavy (non-hydrogen) atoms. The molecule has 2 aromatic rings. The summed E-state index contributed by atoms with van der Waals surface area (Å²) >= 11 is 0. The molecule has 0 spiro atoms. The third kappa shape index (κ3) is 4.32. The van der Waals surface area contributed by atoms with Gasteiger partial charge in [0.1, 0.15) is 11.6 Å². The molecular formula is C23H26FNO. The van der Waals surface area contributed by atoms with Gasteiger partial charge in [0.25, 0.3) is 0 Å². The van der Waals surface area contributed by atoms with Crippen LogP contribution in [0.2, 0.25) is 0 Å². The molecule has 0 saturated carbocycles. The van der Waals surface area contributed by atoms with Gasteiger partial charge in [0.2, 0.25) is 0 Å². The molecule has 0 radical (unpaired) electrons. The van der Waals surface area contributed by atoms with E-state index in [-0.39, 0.29) is 16.6 Å². The maximum atomic E-state index is 13.5. The molecule has 0 heterocycles. The van der Waals surface area contributed by atoms with Gasteiger partial charge >= 0.3 is 0 Å². The van der Waals surface area contributed by atoms with Gasteiger partial charge in [0.15, 0.2) is 0 Å². The number of hydrogen-bond acceptors (Lipinski definition) is 2. The van der Waals surface area contributed by atoms with Crippen molar-refractivity contribution >= 4 is 11.6 Å². The molecule has 0 saturated heterocycles. The minimum Gasteiger partial charge on any atom is -0.507 e. The van der Waals surface area contributed by atoms with E-state index < -0.39 is 0 Å². The first-order valence-corrected chi connectivity index (χ1v) is 8.69. The van der Waals surface area contributed by atoms with E-state index in [1.165, 1.54) is 12.1 Å². The van der Waals surface area contributed by atoms with E-state index >= 15 is 0 Å². The number of hydrogen-bond donors (Lipinski definition) is 1. The second kappa shape index (κ2) is 6.96. The van der Waals surface area contributed by atoms with Gasteiger partial charge in [-0.25, -0.2) is 4.39 Å². The predicted octanol–water partition coefficient (Wildman–Crippen LogP) is 6.19. The Labute approximate surface area is 155 Å². The second-order valence-electron chi connectivity index (χ2n) is 8.64. The first kappa shape index (κ1) is 19.7. The molecule has 3 heteroatoms. The van der Waals surface area contributed by atoms with Crippen LogP contribution in [0, 0.1) is 17.1 Å². The quantitative estimate of drug-likeness (QED) is 0.518. The van der Waals surface area contributed by atoms with Gasteiger partial charge < -0.3 is 5.11 Å². The largest absolute Gasteiger partial charge is 0.507 e. The monoisotopic (exact) mass is 351 g/mol. The SMILES string of the molecule is CC(C)(C)c1cc(/C=C(/C#N)c2cccc(F)c2)cc(C(C)(C)C)c1O. The lowest BCUT2D eigenvalue weighted by Crippen LogP contribution is -2.17. The summed E-state index contributed by atoms with van der Waals surface area (Å²) in [5.74, 6) is -0.0773. The number of allylic oxidation sites excluding steroid dienone is 1. The number of rotatable bonds is 2. The Hall–Kier alpha value is -2.60. The zero-order valence-corrected chi connectivity index (χ0v) is 16.3. The molecule has 2 aromatic carbocycles. The molecule has 2 nitrogen and oxygen atoms in total. The maximum absolute atomic E-state index is 13.5. The highest BCUT2D eigenvalue weighted by molar-refractivity contribution is 5.90. The predicted molar refractivity (Wildman–Crippen MR) is 105 cm³/mol. The lowest BCUT2D eigenvalue weighted by atomic mass is 9.78. The summed E-state index contributed by atoms with van der Waals surface area (Å²) in [6, 6.07) is 12.0. The number of nitrogens with zero attached hydrogens (tertiary/aromatic N) is 1. The molecule has 0 bridgehead atoms. The average Bonchev–Trinajstić information content (AvgIpc) is 2.51. The number of phenols is 1. The fraction of sp³-hybridized carbons (Fsp3) is 0.348. The molecule has 0 aliphatic carbocycles. The lowest BCUT2D eigenvalue weighted by molar-refractivity contribution is 0.423. The number of halogens is 1. The Morgan fingerprint density at radius 1 is 1.00 bits per heavy atom. The first-order valence-electron chi connectivity index (χ1n) is 8.69. The fourth-order valence-corrected chi connectivity index (χ4v) is 2.89. The molecule has 1 N–H and O–H groups in total. The van der Waals surface area contributed by atoms with E-state index in [1.54, 1.807) is 18.2 Å². The molecular weight excluding hydrogens is 325 g/mol. The molecule has 0 amide bonds. The summed E-state index contributed by atoms with van der Waals surface area (Å²) < 4.78 is 13.5. The Morgan fingerprint density at radius 3 is 1.96 bits per heavy atom. The molecule has 0 fully saturated rings. The Bertz CT molecular complexity index is 855. The molecule has 0 aromatic heterocycles. The van der Waals surface area contributed by atoms with Crippen LogP contribution in [0.4, 0.5) is 4.39 Å². The van der Waals surface area contributed by atoms with Crippen molar-refractivity contribution in [3.8, 4) is 11.8 Å². The third-order valence-electron chi connectivity index (χ3n) is 4.32. The highest BCUT2D eigenvalue weighted by Crippen LogP contribution is 2.40. The van der Waals surface area contributed by atoms with Crippen LogP contribution >= 0.6 is 0 Å². The number of phenolic OH excluding ortho intramolecular Hbond substituents is 1. The van der Waals surface area contributed by atoms with Crippen LogP contribution in [-0.2, 0) is 10.8 Å². The van der Waals surface area contributed by atoms with Crippen molar-refractivity contribution in [2.75, 3.05) is 0 Å². The second-order valence-corrected chi connectivity index (χ2v) is 8.64. The zero-order valence-electron chi connectivity index (χ0n) is 16.3. The normalized spacial score (nSPS) is 12.8. The van der Waals surface area contributed by atoms with E-state index in [4.69, 9.17) is 0 Å². The van der Waals surface area contributed by atoms with E-state index in [1.807, 2.05) is 53.7 Å². The molecule has 0 unspecified atom stereocenters. The van der Waals surface area contributed by atoms with Crippen molar-refractivity contribution in [2.24, 2.45) is 0 Å². The van der Waals surface area contributed by atoms with Crippen LogP contribution in [0.15, 0.2) is 36.4 Å². The van der Waals surface area contributed by atoms with Crippen LogP contribution in [0.1, 0.15) is 63.8 Å². The van der Waals surface area contributed by atoms with Gasteiger partial charge in [-0.05, 0) is 52.3 Å². The van der Waals surface area contributed by atoms with Gasteiger partial charge in [0, 0.05) is 11.1 Å². The molecule has 136 valence electrons. The molecule has 2 rings (SSSR count).